The Morgan fingerprint density at radius 2 is 1.21 bits per heavy atom. The van der Waals surface area contributed by atoms with Gasteiger partial charge in [0.25, 0.3) is 0 Å². The molecule has 0 unspecified atom stereocenters. The number of carboxylic acid groups (broad SMARTS) is 2. The Morgan fingerprint density at radius 1 is 0.848 bits per heavy atom. The fourth-order valence-corrected chi connectivity index (χ4v) is 2.37. The summed E-state index contributed by atoms with van der Waals surface area (Å²) in [5.74, 6) is -5.63. The summed E-state index contributed by atoms with van der Waals surface area (Å²) >= 11 is 0. The second kappa shape index (κ2) is 14.2. The first-order chi connectivity index (χ1) is 15.7. The second-order valence-corrected chi connectivity index (χ2v) is 6.77. The maximum absolute atomic E-state index is 12.0. The number of ether oxygens (including phenoxy) is 2. The van der Waals surface area contributed by atoms with Crippen molar-refractivity contribution in [2.45, 2.75) is 31.6 Å². The number of carboxylic acids is 2. The smallest absolute Gasteiger partial charge is 0.349 e. The zero-order chi connectivity index (χ0) is 24.8. The van der Waals surface area contributed by atoms with Gasteiger partial charge in [0.15, 0.2) is 0 Å². The minimum Gasteiger partial charge on any atom is -0.478 e. The number of nitrogens with one attached hydrogen (secondary N) is 1. The standard InChI is InChI=1S/C18H14O8.C6H13N/c19-15(20)13(25-17(23)11-7-3-1-4-8-11)14(16(21)22)26-18(24)12-9-5-2-6-10-12;1-4-5-6(2)7-3/h1-10,13-14H,(H,19,20)(H,21,22);4,6-7H,1,5H2,2-3H3/t13-,14-;6-/m10/s1. The predicted molar refractivity (Wildman–Crippen MR) is 120 cm³/mol. The van der Waals surface area contributed by atoms with E-state index >= 15 is 0 Å². The molecular weight excluding hydrogens is 430 g/mol. The molecular formula is C24H27NO8. The summed E-state index contributed by atoms with van der Waals surface area (Å²) in [6, 6.07) is 15.4. The number of carbonyl (C=O) groups is 4. The highest BCUT2D eigenvalue weighted by Gasteiger charge is 2.40. The Balaban J connectivity index is 0.000000675. The molecule has 0 heterocycles. The maximum Gasteiger partial charge on any atom is 0.349 e. The quantitative estimate of drug-likeness (QED) is 0.363. The van der Waals surface area contributed by atoms with Crippen LogP contribution >= 0.6 is 0 Å². The van der Waals surface area contributed by atoms with Gasteiger partial charge in [-0.1, -0.05) is 42.5 Å². The van der Waals surface area contributed by atoms with Crippen LogP contribution in [0.4, 0.5) is 0 Å². The topological polar surface area (TPSA) is 139 Å². The van der Waals surface area contributed by atoms with E-state index in [1.165, 1.54) is 48.5 Å². The van der Waals surface area contributed by atoms with Crippen molar-refractivity contribution in [1.29, 1.82) is 0 Å². The zero-order valence-electron chi connectivity index (χ0n) is 18.3. The molecule has 0 aliphatic rings. The van der Waals surface area contributed by atoms with E-state index in [0.717, 1.165) is 6.42 Å². The van der Waals surface area contributed by atoms with Gasteiger partial charge in [0.2, 0.25) is 12.2 Å². The van der Waals surface area contributed by atoms with Crippen LogP contribution in [-0.2, 0) is 19.1 Å². The highest BCUT2D eigenvalue weighted by atomic mass is 16.6. The fourth-order valence-electron chi connectivity index (χ4n) is 2.37. The lowest BCUT2D eigenvalue weighted by Crippen LogP contribution is -2.45. The fraction of sp³-hybridized carbons (Fsp3) is 0.250. The molecule has 33 heavy (non-hydrogen) atoms. The van der Waals surface area contributed by atoms with Crippen LogP contribution in [0.15, 0.2) is 73.3 Å². The molecule has 0 saturated carbocycles. The third kappa shape index (κ3) is 9.36. The Morgan fingerprint density at radius 3 is 1.45 bits per heavy atom. The molecule has 9 nitrogen and oxygen atoms in total. The average Bonchev–Trinajstić information content (AvgIpc) is 2.82. The van der Waals surface area contributed by atoms with Gasteiger partial charge in [-0.2, -0.15) is 0 Å². The van der Waals surface area contributed by atoms with Crippen LogP contribution in [0, 0.1) is 0 Å². The molecule has 0 aliphatic carbocycles. The Bertz CT molecular complexity index is 860. The number of carbonyl (C=O) groups excluding carboxylic acids is 2. The Labute approximate surface area is 191 Å². The van der Waals surface area contributed by atoms with E-state index in [9.17, 15) is 29.4 Å². The van der Waals surface area contributed by atoms with Crippen molar-refractivity contribution < 1.29 is 38.9 Å². The first-order valence-electron chi connectivity index (χ1n) is 9.97. The molecule has 2 rings (SSSR count). The van der Waals surface area contributed by atoms with Crippen LogP contribution in [0.3, 0.4) is 0 Å². The number of rotatable bonds is 10. The highest BCUT2D eigenvalue weighted by molar-refractivity contribution is 5.95. The van der Waals surface area contributed by atoms with Gasteiger partial charge in [-0.3, -0.25) is 0 Å². The van der Waals surface area contributed by atoms with Crippen molar-refractivity contribution in [2.24, 2.45) is 0 Å². The summed E-state index contributed by atoms with van der Waals surface area (Å²) in [4.78, 5) is 46.8. The number of esters is 2. The monoisotopic (exact) mass is 457 g/mol. The molecule has 9 heteroatoms. The van der Waals surface area contributed by atoms with Crippen molar-refractivity contribution in [3.63, 3.8) is 0 Å². The van der Waals surface area contributed by atoms with E-state index in [0.29, 0.717) is 6.04 Å². The highest BCUT2D eigenvalue weighted by Crippen LogP contribution is 2.13. The molecule has 3 N–H and O–H groups in total. The van der Waals surface area contributed by atoms with Gasteiger partial charge in [-0.25, -0.2) is 19.2 Å². The molecule has 0 bridgehead atoms. The average molecular weight is 457 g/mol. The Kier molecular flexibility index (Phi) is 11.6. The van der Waals surface area contributed by atoms with Crippen LogP contribution in [-0.4, -0.2) is 59.4 Å². The molecule has 176 valence electrons. The summed E-state index contributed by atoms with van der Waals surface area (Å²) in [6.45, 7) is 5.74. The third-order valence-electron chi connectivity index (χ3n) is 4.26. The van der Waals surface area contributed by atoms with Crippen LogP contribution in [0.2, 0.25) is 0 Å². The molecule has 0 saturated heterocycles. The van der Waals surface area contributed by atoms with Crippen molar-refractivity contribution in [3.05, 3.63) is 84.4 Å². The van der Waals surface area contributed by atoms with E-state index in [2.05, 4.69) is 18.8 Å². The lowest BCUT2D eigenvalue weighted by molar-refractivity contribution is -0.166. The van der Waals surface area contributed by atoms with Crippen LogP contribution < -0.4 is 5.32 Å². The summed E-state index contributed by atoms with van der Waals surface area (Å²) in [5, 5.41) is 21.6. The van der Waals surface area contributed by atoms with Crippen LogP contribution in [0.25, 0.3) is 0 Å². The van der Waals surface area contributed by atoms with Crippen molar-refractivity contribution >= 4 is 23.9 Å². The lowest BCUT2D eigenvalue weighted by Gasteiger charge is -2.21. The molecule has 0 fully saturated rings. The second-order valence-electron chi connectivity index (χ2n) is 6.77. The number of hydrogen-bond donors (Lipinski definition) is 3. The van der Waals surface area contributed by atoms with Gasteiger partial charge in [-0.05, 0) is 44.7 Å². The van der Waals surface area contributed by atoms with Gasteiger partial charge in [0.05, 0.1) is 11.1 Å². The predicted octanol–water partition coefficient (Wildman–Crippen LogP) is 2.78. The number of benzene rings is 2. The van der Waals surface area contributed by atoms with Gasteiger partial charge in [-0.15, -0.1) is 6.58 Å². The zero-order valence-corrected chi connectivity index (χ0v) is 18.3. The molecule has 0 spiro atoms. The minimum absolute atomic E-state index is 0.0253. The SMILES string of the molecule is C=CC[C@H](C)NC.O=C(O[C@@H](C(=O)O)[C@@H](OC(=O)c1ccccc1)C(=O)O)c1ccccc1. The minimum atomic E-state index is -2.21. The van der Waals surface area contributed by atoms with E-state index in [1.54, 1.807) is 12.1 Å². The van der Waals surface area contributed by atoms with Gasteiger partial charge in [0, 0.05) is 6.04 Å². The molecule has 2 aromatic rings. The molecule has 0 aromatic heterocycles. The largest absolute Gasteiger partial charge is 0.478 e. The van der Waals surface area contributed by atoms with Crippen molar-refractivity contribution in [2.75, 3.05) is 7.05 Å². The van der Waals surface area contributed by atoms with Gasteiger partial charge >= 0.3 is 23.9 Å². The molecule has 0 amide bonds. The van der Waals surface area contributed by atoms with Crippen LogP contribution in [0.5, 0.6) is 0 Å². The molecule has 2 aromatic carbocycles. The summed E-state index contributed by atoms with van der Waals surface area (Å²) < 4.78 is 9.52. The van der Waals surface area contributed by atoms with Gasteiger partial charge in [0.1, 0.15) is 0 Å². The first-order valence-corrected chi connectivity index (χ1v) is 9.97. The summed E-state index contributed by atoms with van der Waals surface area (Å²) in [5.41, 5.74) is 0.0505. The number of aliphatic carboxylic acids is 2. The van der Waals surface area contributed by atoms with E-state index in [1.807, 2.05) is 13.1 Å². The van der Waals surface area contributed by atoms with Gasteiger partial charge < -0.3 is 25.0 Å². The molecule has 3 atom stereocenters. The Hall–Kier alpha value is -3.98. The summed E-state index contributed by atoms with van der Waals surface area (Å²) in [7, 11) is 1.95. The van der Waals surface area contributed by atoms with Crippen molar-refractivity contribution in [3.8, 4) is 0 Å². The van der Waals surface area contributed by atoms with E-state index in [-0.39, 0.29) is 11.1 Å². The third-order valence-corrected chi connectivity index (χ3v) is 4.26. The first kappa shape index (κ1) is 27.1. The summed E-state index contributed by atoms with van der Waals surface area (Å²) in [6.07, 6.45) is -1.46. The van der Waals surface area contributed by atoms with E-state index < -0.39 is 36.1 Å². The maximum atomic E-state index is 12.0. The number of hydrogen-bond acceptors (Lipinski definition) is 7. The van der Waals surface area contributed by atoms with Crippen molar-refractivity contribution in [1.82, 2.24) is 5.32 Å². The van der Waals surface area contributed by atoms with Crippen LogP contribution in [0.1, 0.15) is 34.1 Å². The molecule has 0 aliphatic heterocycles. The lowest BCUT2D eigenvalue weighted by atomic mass is 10.1. The molecule has 0 radical (unpaired) electrons. The van der Waals surface area contributed by atoms with E-state index in [4.69, 9.17) is 9.47 Å². The normalized spacial score (nSPS) is 12.7.